The molecule has 12 heavy (non-hydrogen) atoms. The molecule has 3 fully saturated rings. The molecule has 3 heteroatoms. The van der Waals surface area contributed by atoms with E-state index in [-0.39, 0.29) is 18.0 Å². The quantitative estimate of drug-likeness (QED) is 0.619. The first-order valence-corrected chi connectivity index (χ1v) is 4.68. The number of fused-ring (bicyclic) bond motifs is 5. The number of rotatable bonds is 0. The van der Waals surface area contributed by atoms with Gasteiger partial charge in [0.25, 0.3) is 0 Å². The summed E-state index contributed by atoms with van der Waals surface area (Å²) in [7, 11) is 0. The highest BCUT2D eigenvalue weighted by molar-refractivity contribution is 5.85. The minimum atomic E-state index is 0. The van der Waals surface area contributed by atoms with Crippen LogP contribution in [0.1, 0.15) is 19.8 Å². The molecule has 3 heterocycles. The van der Waals surface area contributed by atoms with Gasteiger partial charge in [0.1, 0.15) is 0 Å². The lowest BCUT2D eigenvalue weighted by Gasteiger charge is -2.27. The second-order valence-corrected chi connectivity index (χ2v) is 4.44. The SMILES string of the molecule is CC12CCC(O1)C1CNCC12.Cl. The summed E-state index contributed by atoms with van der Waals surface area (Å²) in [6.07, 6.45) is 3.19. The fourth-order valence-corrected chi connectivity index (χ4v) is 3.23. The third-order valence-electron chi connectivity index (χ3n) is 3.87. The van der Waals surface area contributed by atoms with Crippen molar-refractivity contribution >= 4 is 12.4 Å². The molecule has 3 rings (SSSR count). The summed E-state index contributed by atoms with van der Waals surface area (Å²) in [5, 5.41) is 3.47. The van der Waals surface area contributed by atoms with E-state index in [1.165, 1.54) is 25.9 Å². The van der Waals surface area contributed by atoms with Gasteiger partial charge in [0, 0.05) is 24.9 Å². The summed E-state index contributed by atoms with van der Waals surface area (Å²) < 4.78 is 5.99. The Kier molecular flexibility index (Phi) is 1.90. The molecule has 4 unspecified atom stereocenters. The topological polar surface area (TPSA) is 21.3 Å². The van der Waals surface area contributed by atoms with E-state index < -0.39 is 0 Å². The molecule has 0 spiro atoms. The van der Waals surface area contributed by atoms with Crippen LogP contribution in [0.25, 0.3) is 0 Å². The fourth-order valence-electron chi connectivity index (χ4n) is 3.23. The van der Waals surface area contributed by atoms with Crippen LogP contribution in [-0.4, -0.2) is 24.8 Å². The third kappa shape index (κ3) is 0.889. The van der Waals surface area contributed by atoms with Crippen molar-refractivity contribution in [3.05, 3.63) is 0 Å². The van der Waals surface area contributed by atoms with E-state index >= 15 is 0 Å². The average molecular weight is 190 g/mol. The minimum absolute atomic E-state index is 0. The molecule has 0 saturated carbocycles. The largest absolute Gasteiger partial charge is 0.371 e. The first-order chi connectivity index (χ1) is 5.30. The highest BCUT2D eigenvalue weighted by atomic mass is 35.5. The second kappa shape index (κ2) is 2.60. The van der Waals surface area contributed by atoms with Crippen molar-refractivity contribution < 1.29 is 4.74 Å². The lowest BCUT2D eigenvalue weighted by molar-refractivity contribution is 0.00527. The number of hydrogen-bond donors (Lipinski definition) is 1. The Morgan fingerprint density at radius 3 is 3.00 bits per heavy atom. The van der Waals surface area contributed by atoms with Crippen molar-refractivity contribution in [1.29, 1.82) is 0 Å². The Bertz CT molecular complexity index is 199. The van der Waals surface area contributed by atoms with Gasteiger partial charge in [-0.05, 0) is 19.8 Å². The lowest BCUT2D eigenvalue weighted by atomic mass is 9.75. The summed E-state index contributed by atoms with van der Waals surface area (Å²) in [4.78, 5) is 0. The van der Waals surface area contributed by atoms with Crippen molar-refractivity contribution in [1.82, 2.24) is 5.32 Å². The molecule has 0 aliphatic carbocycles. The average Bonchev–Trinajstić information content (AvgIpc) is 2.53. The fraction of sp³-hybridized carbons (Fsp3) is 1.00. The van der Waals surface area contributed by atoms with Gasteiger partial charge in [-0.1, -0.05) is 0 Å². The van der Waals surface area contributed by atoms with E-state index in [0.717, 1.165) is 11.8 Å². The Hall–Kier alpha value is 0.210. The molecule has 0 amide bonds. The van der Waals surface area contributed by atoms with Crippen LogP contribution < -0.4 is 5.32 Å². The van der Waals surface area contributed by atoms with Gasteiger partial charge in [0.05, 0.1) is 11.7 Å². The van der Waals surface area contributed by atoms with Crippen LogP contribution >= 0.6 is 12.4 Å². The lowest BCUT2D eigenvalue weighted by Crippen LogP contribution is -2.34. The van der Waals surface area contributed by atoms with Crippen molar-refractivity contribution in [3.8, 4) is 0 Å². The number of halogens is 1. The third-order valence-corrected chi connectivity index (χ3v) is 3.87. The van der Waals surface area contributed by atoms with Crippen molar-refractivity contribution in [2.45, 2.75) is 31.5 Å². The van der Waals surface area contributed by atoms with Crippen LogP contribution in [0.4, 0.5) is 0 Å². The van der Waals surface area contributed by atoms with Gasteiger partial charge in [-0.25, -0.2) is 0 Å². The predicted octanol–water partition coefficient (Wildman–Crippen LogP) is 1.20. The summed E-state index contributed by atoms with van der Waals surface area (Å²) in [6, 6.07) is 0. The zero-order valence-corrected chi connectivity index (χ0v) is 8.19. The molecule has 2 nitrogen and oxygen atoms in total. The Morgan fingerprint density at radius 1 is 1.42 bits per heavy atom. The smallest absolute Gasteiger partial charge is 0.0703 e. The van der Waals surface area contributed by atoms with Gasteiger partial charge in [0.2, 0.25) is 0 Å². The van der Waals surface area contributed by atoms with Crippen LogP contribution in [0.5, 0.6) is 0 Å². The Balaban J connectivity index is 0.000000563. The predicted molar refractivity (Wildman–Crippen MR) is 49.6 cm³/mol. The van der Waals surface area contributed by atoms with Gasteiger partial charge in [-0.3, -0.25) is 0 Å². The van der Waals surface area contributed by atoms with Crippen molar-refractivity contribution in [2.24, 2.45) is 11.8 Å². The molecule has 0 radical (unpaired) electrons. The van der Waals surface area contributed by atoms with E-state index in [1.807, 2.05) is 0 Å². The molecular weight excluding hydrogens is 174 g/mol. The second-order valence-electron chi connectivity index (χ2n) is 4.44. The highest BCUT2D eigenvalue weighted by Crippen LogP contribution is 2.52. The van der Waals surface area contributed by atoms with Crippen LogP contribution in [-0.2, 0) is 4.74 Å². The number of nitrogens with one attached hydrogen (secondary N) is 1. The standard InChI is InChI=1S/C9H15NO.ClH/c1-9-3-2-8(11-9)6-4-10-5-7(6)9;/h6-8,10H,2-5H2,1H3;1H. The molecule has 0 aromatic carbocycles. The molecular formula is C9H16ClNO. The normalized spacial score (nSPS) is 55.2. The minimum Gasteiger partial charge on any atom is -0.371 e. The summed E-state index contributed by atoms with van der Waals surface area (Å²) in [6.45, 7) is 4.69. The maximum Gasteiger partial charge on any atom is 0.0703 e. The monoisotopic (exact) mass is 189 g/mol. The zero-order chi connectivity index (χ0) is 7.47. The molecule has 70 valence electrons. The van der Waals surface area contributed by atoms with Crippen LogP contribution in [0, 0.1) is 11.8 Å². The van der Waals surface area contributed by atoms with E-state index in [1.54, 1.807) is 0 Å². The van der Waals surface area contributed by atoms with Gasteiger partial charge in [-0.15, -0.1) is 12.4 Å². The van der Waals surface area contributed by atoms with E-state index in [2.05, 4.69) is 12.2 Å². The summed E-state index contributed by atoms with van der Waals surface area (Å²) in [5.41, 5.74) is 0.249. The highest BCUT2D eigenvalue weighted by Gasteiger charge is 2.57. The molecule has 4 atom stereocenters. The molecule has 3 saturated heterocycles. The molecule has 3 aliphatic heterocycles. The first-order valence-electron chi connectivity index (χ1n) is 4.68. The van der Waals surface area contributed by atoms with Gasteiger partial charge in [0.15, 0.2) is 0 Å². The summed E-state index contributed by atoms with van der Waals surface area (Å²) >= 11 is 0. The van der Waals surface area contributed by atoms with E-state index in [9.17, 15) is 0 Å². The van der Waals surface area contributed by atoms with Crippen molar-refractivity contribution in [3.63, 3.8) is 0 Å². The molecule has 1 N–H and O–H groups in total. The first kappa shape index (κ1) is 8.79. The van der Waals surface area contributed by atoms with E-state index in [4.69, 9.17) is 4.74 Å². The zero-order valence-electron chi connectivity index (χ0n) is 7.38. The molecule has 0 aromatic heterocycles. The summed E-state index contributed by atoms with van der Waals surface area (Å²) in [5.74, 6) is 1.66. The number of hydrogen-bond acceptors (Lipinski definition) is 2. The van der Waals surface area contributed by atoms with Crippen LogP contribution in [0.3, 0.4) is 0 Å². The van der Waals surface area contributed by atoms with Gasteiger partial charge >= 0.3 is 0 Å². The van der Waals surface area contributed by atoms with Crippen LogP contribution in [0.15, 0.2) is 0 Å². The Morgan fingerprint density at radius 2 is 2.25 bits per heavy atom. The molecule has 2 bridgehead atoms. The number of ether oxygens (including phenoxy) is 1. The maximum atomic E-state index is 5.99. The van der Waals surface area contributed by atoms with Gasteiger partial charge < -0.3 is 10.1 Å². The Labute approximate surface area is 79.5 Å². The van der Waals surface area contributed by atoms with Crippen molar-refractivity contribution in [2.75, 3.05) is 13.1 Å². The van der Waals surface area contributed by atoms with E-state index in [0.29, 0.717) is 6.10 Å². The molecule has 3 aliphatic rings. The van der Waals surface area contributed by atoms with Gasteiger partial charge in [-0.2, -0.15) is 0 Å². The molecule has 0 aromatic rings. The van der Waals surface area contributed by atoms with Crippen LogP contribution in [0.2, 0.25) is 0 Å². The maximum absolute atomic E-state index is 5.99.